The van der Waals surface area contributed by atoms with E-state index in [9.17, 15) is 8.42 Å². The van der Waals surface area contributed by atoms with Crippen LogP contribution in [-0.2, 0) is 14.8 Å². The molecule has 3 heterocycles. The van der Waals surface area contributed by atoms with E-state index in [1.54, 1.807) is 31.6 Å². The van der Waals surface area contributed by atoms with E-state index in [2.05, 4.69) is 51.4 Å². The molecule has 1 aliphatic rings. The third kappa shape index (κ3) is 5.82. The lowest BCUT2D eigenvalue weighted by molar-refractivity contribution is 0.122. The molecule has 2 aromatic carbocycles. The predicted octanol–water partition coefficient (Wildman–Crippen LogP) is 3.91. The van der Waals surface area contributed by atoms with Crippen LogP contribution in [0.4, 0.5) is 34.5 Å². The van der Waals surface area contributed by atoms with Gasteiger partial charge in [-0.1, -0.05) is 0 Å². The fourth-order valence-corrected chi connectivity index (χ4v) is 4.98. The topological polar surface area (TPSA) is 135 Å². The van der Waals surface area contributed by atoms with Gasteiger partial charge in [0, 0.05) is 50.5 Å². The summed E-state index contributed by atoms with van der Waals surface area (Å²) in [7, 11) is -0.513. The first-order valence-electron chi connectivity index (χ1n) is 12.0. The number of nitrogens with zero attached hydrogens (tertiary/aromatic N) is 6. The molecule has 1 fully saturated rings. The highest BCUT2D eigenvalue weighted by molar-refractivity contribution is 9.10. The number of halogens is 1. The van der Waals surface area contributed by atoms with Crippen LogP contribution in [0.5, 0.6) is 5.75 Å². The summed E-state index contributed by atoms with van der Waals surface area (Å²) in [5, 5.41) is 6.45. The van der Waals surface area contributed by atoms with Gasteiger partial charge in [0.1, 0.15) is 22.8 Å². The van der Waals surface area contributed by atoms with Crippen molar-refractivity contribution in [1.82, 2.24) is 19.9 Å². The van der Waals surface area contributed by atoms with Gasteiger partial charge in [-0.2, -0.15) is 4.98 Å². The summed E-state index contributed by atoms with van der Waals surface area (Å²) < 4.78 is 37.8. The molecule has 204 valence electrons. The largest absolute Gasteiger partial charge is 0.494 e. The number of hydrogen-bond acceptors (Lipinski definition) is 11. The van der Waals surface area contributed by atoms with Crippen LogP contribution in [0.1, 0.15) is 0 Å². The van der Waals surface area contributed by atoms with E-state index in [1.165, 1.54) is 17.5 Å². The van der Waals surface area contributed by atoms with Gasteiger partial charge in [-0.05, 0) is 40.2 Å². The Morgan fingerprint density at radius 2 is 1.79 bits per heavy atom. The molecule has 5 rings (SSSR count). The molecule has 0 unspecified atom stereocenters. The van der Waals surface area contributed by atoms with Crippen LogP contribution in [0.15, 0.2) is 53.4 Å². The molecule has 39 heavy (non-hydrogen) atoms. The lowest BCUT2D eigenvalue weighted by atomic mass is 10.2. The second-order valence-corrected chi connectivity index (χ2v) is 11.6. The lowest BCUT2D eigenvalue weighted by Crippen LogP contribution is -2.36. The Bertz CT molecular complexity index is 1620. The SMILES string of the molecule is COc1cc(N2CCOCC2)ccc1Nc1ncc(Br)c(Nc2ccc3nccnc3c2N(C)S(C)(=O)=O)n1. The molecule has 0 aliphatic carbocycles. The van der Waals surface area contributed by atoms with E-state index in [0.29, 0.717) is 63.3 Å². The number of ether oxygens (including phenoxy) is 2. The number of hydrogen-bond donors (Lipinski definition) is 2. The van der Waals surface area contributed by atoms with Crippen LogP contribution < -0.4 is 24.6 Å². The van der Waals surface area contributed by atoms with Crippen LogP contribution in [0, 0.1) is 0 Å². The number of fused-ring (bicyclic) bond motifs is 1. The minimum atomic E-state index is -3.60. The van der Waals surface area contributed by atoms with Crippen molar-refractivity contribution < 1.29 is 17.9 Å². The Kier molecular flexibility index (Phi) is 7.68. The maximum absolute atomic E-state index is 12.5. The highest BCUT2D eigenvalue weighted by Gasteiger charge is 2.22. The van der Waals surface area contributed by atoms with E-state index in [1.807, 2.05) is 18.2 Å². The van der Waals surface area contributed by atoms with Crippen LogP contribution in [-0.4, -0.2) is 75.1 Å². The normalized spacial score (nSPS) is 13.8. The van der Waals surface area contributed by atoms with Gasteiger partial charge < -0.3 is 25.0 Å². The van der Waals surface area contributed by atoms with E-state index in [4.69, 9.17) is 9.47 Å². The summed E-state index contributed by atoms with van der Waals surface area (Å²) in [4.78, 5) is 20.0. The van der Waals surface area contributed by atoms with E-state index in [-0.39, 0.29) is 0 Å². The number of nitrogens with one attached hydrogen (secondary N) is 2. The molecular weight excluding hydrogens is 588 g/mol. The summed E-state index contributed by atoms with van der Waals surface area (Å²) in [6.07, 6.45) is 5.81. The molecular formula is C25H27BrN8O4S. The van der Waals surface area contributed by atoms with E-state index < -0.39 is 10.0 Å². The Hall–Kier alpha value is -3.75. The second-order valence-electron chi connectivity index (χ2n) is 8.74. The van der Waals surface area contributed by atoms with Gasteiger partial charge in [0.2, 0.25) is 16.0 Å². The Morgan fingerprint density at radius 3 is 2.54 bits per heavy atom. The number of methoxy groups -OCH3 is 1. The third-order valence-electron chi connectivity index (χ3n) is 6.23. The van der Waals surface area contributed by atoms with E-state index in [0.717, 1.165) is 25.0 Å². The molecule has 2 aromatic heterocycles. The van der Waals surface area contributed by atoms with Crippen molar-refractivity contribution in [3.05, 3.63) is 53.4 Å². The molecule has 12 nitrogen and oxygen atoms in total. The quantitative estimate of drug-likeness (QED) is 0.299. The summed E-state index contributed by atoms with van der Waals surface area (Å²) in [6, 6.07) is 9.40. The highest BCUT2D eigenvalue weighted by atomic mass is 79.9. The molecule has 1 aliphatic heterocycles. The Labute approximate surface area is 234 Å². The second kappa shape index (κ2) is 11.2. The van der Waals surface area contributed by atoms with Gasteiger partial charge in [0.25, 0.3) is 0 Å². The number of morpholine rings is 1. The summed E-state index contributed by atoms with van der Waals surface area (Å²) in [5.41, 5.74) is 3.56. The highest BCUT2D eigenvalue weighted by Crippen LogP contribution is 2.37. The molecule has 0 spiro atoms. The van der Waals surface area contributed by atoms with Crippen molar-refractivity contribution in [2.45, 2.75) is 0 Å². The van der Waals surface area contributed by atoms with Gasteiger partial charge in [0.15, 0.2) is 0 Å². The molecule has 0 amide bonds. The van der Waals surface area contributed by atoms with Crippen LogP contribution >= 0.6 is 15.9 Å². The average Bonchev–Trinajstić information content (AvgIpc) is 2.94. The summed E-state index contributed by atoms with van der Waals surface area (Å²) in [6.45, 7) is 3.02. The number of benzene rings is 2. The number of rotatable bonds is 8. The molecule has 0 radical (unpaired) electrons. The zero-order valence-electron chi connectivity index (χ0n) is 21.5. The van der Waals surface area contributed by atoms with E-state index >= 15 is 0 Å². The molecule has 0 bridgehead atoms. The average molecular weight is 616 g/mol. The molecule has 0 atom stereocenters. The van der Waals surface area contributed by atoms with Gasteiger partial charge >= 0.3 is 0 Å². The molecule has 14 heteroatoms. The standard InChI is InChI=1S/C25H27BrN8O4S/c1-33(39(3,35)36)23-20(7-6-19-22(23)28-9-8-27-19)30-24-17(26)15-29-25(32-24)31-18-5-4-16(14-21(18)37-2)34-10-12-38-13-11-34/h4-9,14-15H,10-13H2,1-3H3,(H2,29,30,31,32). The van der Waals surface area contributed by atoms with Crippen molar-refractivity contribution in [2.24, 2.45) is 0 Å². The van der Waals surface area contributed by atoms with Gasteiger partial charge in [0.05, 0.1) is 47.9 Å². The predicted molar refractivity (Wildman–Crippen MR) is 155 cm³/mol. The molecule has 4 aromatic rings. The van der Waals surface area contributed by atoms with Gasteiger partial charge in [-0.3, -0.25) is 14.3 Å². The fraction of sp³-hybridized carbons (Fsp3) is 0.280. The van der Waals surface area contributed by atoms with Gasteiger partial charge in [-0.15, -0.1) is 0 Å². The molecule has 2 N–H and O–H groups in total. The number of aromatic nitrogens is 4. The maximum atomic E-state index is 12.5. The maximum Gasteiger partial charge on any atom is 0.232 e. The molecule has 1 saturated heterocycles. The zero-order chi connectivity index (χ0) is 27.6. The van der Waals surface area contributed by atoms with Crippen molar-refractivity contribution in [3.8, 4) is 5.75 Å². The van der Waals surface area contributed by atoms with Crippen LogP contribution in [0.2, 0.25) is 0 Å². The van der Waals surface area contributed by atoms with Crippen molar-refractivity contribution in [3.63, 3.8) is 0 Å². The number of anilines is 6. The van der Waals surface area contributed by atoms with Crippen LogP contribution in [0.3, 0.4) is 0 Å². The van der Waals surface area contributed by atoms with Crippen molar-refractivity contribution >= 4 is 71.5 Å². The first-order chi connectivity index (χ1) is 18.7. The fourth-order valence-electron chi connectivity index (χ4n) is 4.17. The Balaban J connectivity index is 1.46. The first kappa shape index (κ1) is 26.8. The lowest BCUT2D eigenvalue weighted by Gasteiger charge is -2.29. The minimum absolute atomic E-state index is 0.316. The van der Waals surface area contributed by atoms with Crippen LogP contribution in [0.25, 0.3) is 11.0 Å². The number of sulfonamides is 1. The first-order valence-corrected chi connectivity index (χ1v) is 14.6. The van der Waals surface area contributed by atoms with Crippen molar-refractivity contribution in [1.29, 1.82) is 0 Å². The smallest absolute Gasteiger partial charge is 0.232 e. The van der Waals surface area contributed by atoms with Gasteiger partial charge in [-0.25, -0.2) is 13.4 Å². The zero-order valence-corrected chi connectivity index (χ0v) is 24.0. The third-order valence-corrected chi connectivity index (χ3v) is 7.99. The summed E-state index contributed by atoms with van der Waals surface area (Å²) >= 11 is 3.49. The molecule has 0 saturated carbocycles. The Morgan fingerprint density at radius 1 is 1.05 bits per heavy atom. The summed E-state index contributed by atoms with van der Waals surface area (Å²) in [5.74, 6) is 1.38. The monoisotopic (exact) mass is 614 g/mol. The van der Waals surface area contributed by atoms with Crippen molar-refractivity contribution in [2.75, 3.05) is 66.6 Å². The minimum Gasteiger partial charge on any atom is -0.494 e.